The first kappa shape index (κ1) is 24.9. The fourth-order valence-corrected chi connectivity index (χ4v) is 2.50. The molecule has 4 atom stereocenters. The Morgan fingerprint density at radius 2 is 1.63 bits per heavy atom. The normalized spacial score (nSPS) is 14.7. The van der Waals surface area contributed by atoms with Gasteiger partial charge in [-0.1, -0.05) is 32.4 Å². The largest absolute Gasteiger partial charge is 0.508 e. The van der Waals surface area contributed by atoms with E-state index in [1.807, 2.05) is 13.8 Å². The van der Waals surface area contributed by atoms with Crippen molar-refractivity contribution in [1.82, 2.24) is 16.0 Å². The number of aromatic hydroxyl groups is 1. The Morgan fingerprint density at radius 3 is 2.17 bits per heavy atom. The molecular formula is C20H30N4O6. The number of rotatable bonds is 11. The van der Waals surface area contributed by atoms with Gasteiger partial charge < -0.3 is 31.9 Å². The van der Waals surface area contributed by atoms with Gasteiger partial charge in [-0.15, -0.1) is 0 Å². The summed E-state index contributed by atoms with van der Waals surface area (Å²) in [6.07, 6.45) is 0.766. The van der Waals surface area contributed by atoms with Gasteiger partial charge in [0.05, 0.1) is 12.6 Å². The van der Waals surface area contributed by atoms with Gasteiger partial charge in [0.1, 0.15) is 17.8 Å². The highest BCUT2D eigenvalue weighted by molar-refractivity contribution is 5.92. The van der Waals surface area contributed by atoms with Crippen LogP contribution in [0.3, 0.4) is 0 Å². The van der Waals surface area contributed by atoms with E-state index in [-0.39, 0.29) is 24.6 Å². The summed E-state index contributed by atoms with van der Waals surface area (Å²) in [6, 6.07) is 3.04. The summed E-state index contributed by atoms with van der Waals surface area (Å²) in [6.45, 7) is 4.65. The van der Waals surface area contributed by atoms with Crippen molar-refractivity contribution >= 4 is 23.7 Å². The standard InChI is InChI=1S/C20H30N4O6/c1-4-11(2)17(21)19(28)22-10-16(26)24-15(18(27)23-12(3)20(29)30)9-13-5-7-14(25)8-6-13/h5-8,11-12,15,17,25H,4,9-10,21H2,1-3H3,(H,22,28)(H,23,27)(H,24,26)(H,29,30). The molecule has 0 aliphatic carbocycles. The van der Waals surface area contributed by atoms with Gasteiger partial charge >= 0.3 is 5.97 Å². The minimum absolute atomic E-state index is 0.0450. The van der Waals surface area contributed by atoms with Gasteiger partial charge in [-0.25, -0.2) is 0 Å². The monoisotopic (exact) mass is 422 g/mol. The molecule has 0 fully saturated rings. The molecule has 0 aliphatic heterocycles. The highest BCUT2D eigenvalue weighted by Gasteiger charge is 2.25. The molecule has 10 heteroatoms. The Hall–Kier alpha value is -3.14. The van der Waals surface area contributed by atoms with Crippen LogP contribution >= 0.6 is 0 Å². The second-order valence-corrected chi connectivity index (χ2v) is 7.19. The number of aliphatic carboxylic acids is 1. The third kappa shape index (κ3) is 8.08. The second kappa shape index (κ2) is 11.8. The summed E-state index contributed by atoms with van der Waals surface area (Å²) < 4.78 is 0. The first-order valence-electron chi connectivity index (χ1n) is 9.68. The zero-order valence-electron chi connectivity index (χ0n) is 17.3. The molecule has 0 bridgehead atoms. The van der Waals surface area contributed by atoms with Crippen LogP contribution in [-0.2, 0) is 25.6 Å². The van der Waals surface area contributed by atoms with E-state index in [2.05, 4.69) is 16.0 Å². The number of phenolic OH excluding ortho intramolecular Hbond substituents is 1. The number of carbonyl (C=O) groups excluding carboxylic acids is 3. The summed E-state index contributed by atoms with van der Waals surface area (Å²) in [5.74, 6) is -3.01. The lowest BCUT2D eigenvalue weighted by Crippen LogP contribution is -2.54. The third-order valence-electron chi connectivity index (χ3n) is 4.74. The molecule has 7 N–H and O–H groups in total. The van der Waals surface area contributed by atoms with E-state index in [9.17, 15) is 24.3 Å². The van der Waals surface area contributed by atoms with Crippen LogP contribution in [0.2, 0.25) is 0 Å². The zero-order valence-corrected chi connectivity index (χ0v) is 17.3. The summed E-state index contributed by atoms with van der Waals surface area (Å²) in [5, 5.41) is 25.6. The van der Waals surface area contributed by atoms with Crippen LogP contribution in [0.15, 0.2) is 24.3 Å². The smallest absolute Gasteiger partial charge is 0.325 e. The highest BCUT2D eigenvalue weighted by atomic mass is 16.4. The minimum atomic E-state index is -1.22. The van der Waals surface area contributed by atoms with Crippen LogP contribution in [0.1, 0.15) is 32.8 Å². The number of phenols is 1. The first-order valence-corrected chi connectivity index (χ1v) is 9.68. The van der Waals surface area contributed by atoms with Crippen LogP contribution in [0, 0.1) is 5.92 Å². The van der Waals surface area contributed by atoms with E-state index < -0.39 is 41.8 Å². The van der Waals surface area contributed by atoms with E-state index in [1.54, 1.807) is 12.1 Å². The average Bonchev–Trinajstić information content (AvgIpc) is 2.71. The molecule has 3 amide bonds. The van der Waals surface area contributed by atoms with E-state index in [0.717, 1.165) is 0 Å². The fourth-order valence-electron chi connectivity index (χ4n) is 2.50. The maximum atomic E-state index is 12.5. The van der Waals surface area contributed by atoms with Gasteiger partial charge in [0.25, 0.3) is 0 Å². The number of benzene rings is 1. The second-order valence-electron chi connectivity index (χ2n) is 7.19. The van der Waals surface area contributed by atoms with Crippen LogP contribution in [0.4, 0.5) is 0 Å². The summed E-state index contributed by atoms with van der Waals surface area (Å²) >= 11 is 0. The van der Waals surface area contributed by atoms with E-state index in [0.29, 0.717) is 12.0 Å². The quantitative estimate of drug-likeness (QED) is 0.279. The molecule has 0 spiro atoms. The lowest BCUT2D eigenvalue weighted by molar-refractivity contribution is -0.141. The lowest BCUT2D eigenvalue weighted by Gasteiger charge is -2.21. The van der Waals surface area contributed by atoms with Crippen LogP contribution in [0.25, 0.3) is 0 Å². The number of nitrogens with one attached hydrogen (secondary N) is 3. The maximum Gasteiger partial charge on any atom is 0.325 e. The van der Waals surface area contributed by atoms with Crippen molar-refractivity contribution in [2.45, 2.75) is 51.7 Å². The molecule has 0 saturated heterocycles. The molecule has 166 valence electrons. The maximum absolute atomic E-state index is 12.5. The Morgan fingerprint density at radius 1 is 1.03 bits per heavy atom. The molecular weight excluding hydrogens is 392 g/mol. The van der Waals surface area contributed by atoms with Crippen molar-refractivity contribution in [2.75, 3.05) is 6.54 Å². The topological polar surface area (TPSA) is 171 Å². The Kier molecular flexibility index (Phi) is 9.76. The predicted molar refractivity (Wildman–Crippen MR) is 109 cm³/mol. The van der Waals surface area contributed by atoms with Crippen molar-refractivity contribution in [3.8, 4) is 5.75 Å². The van der Waals surface area contributed by atoms with Gasteiger partial charge in [-0.05, 0) is 30.5 Å². The van der Waals surface area contributed by atoms with E-state index in [1.165, 1.54) is 19.1 Å². The van der Waals surface area contributed by atoms with Crippen LogP contribution in [-0.4, -0.2) is 58.6 Å². The molecule has 1 rings (SSSR count). The SMILES string of the molecule is CCC(C)C(N)C(=O)NCC(=O)NC(Cc1ccc(O)cc1)C(=O)NC(C)C(=O)O. The first-order chi connectivity index (χ1) is 14.0. The van der Waals surface area contributed by atoms with E-state index in [4.69, 9.17) is 10.8 Å². The molecule has 10 nitrogen and oxygen atoms in total. The van der Waals surface area contributed by atoms with Crippen molar-refractivity contribution in [1.29, 1.82) is 0 Å². The zero-order chi connectivity index (χ0) is 22.8. The summed E-state index contributed by atoms with van der Waals surface area (Å²) in [4.78, 5) is 47.8. The van der Waals surface area contributed by atoms with Gasteiger partial charge in [-0.2, -0.15) is 0 Å². The average molecular weight is 422 g/mol. The predicted octanol–water partition coefficient (Wildman–Crippen LogP) is -0.502. The van der Waals surface area contributed by atoms with Crippen LogP contribution < -0.4 is 21.7 Å². The number of nitrogens with two attached hydrogens (primary N) is 1. The van der Waals surface area contributed by atoms with Crippen LogP contribution in [0.5, 0.6) is 5.75 Å². The third-order valence-corrected chi connectivity index (χ3v) is 4.74. The lowest BCUT2D eigenvalue weighted by atomic mass is 9.99. The van der Waals surface area contributed by atoms with Crippen molar-refractivity contribution in [3.05, 3.63) is 29.8 Å². The Balaban J connectivity index is 2.79. The van der Waals surface area contributed by atoms with Crippen molar-refractivity contribution in [2.24, 2.45) is 11.7 Å². The van der Waals surface area contributed by atoms with Gasteiger partial charge in [0.2, 0.25) is 17.7 Å². The molecule has 1 aromatic rings. The molecule has 0 aliphatic rings. The Bertz CT molecular complexity index is 752. The summed E-state index contributed by atoms with van der Waals surface area (Å²) in [7, 11) is 0. The molecule has 4 unspecified atom stereocenters. The number of carboxylic acids is 1. The minimum Gasteiger partial charge on any atom is -0.508 e. The van der Waals surface area contributed by atoms with Gasteiger partial charge in [-0.3, -0.25) is 19.2 Å². The molecule has 0 saturated carbocycles. The van der Waals surface area contributed by atoms with Gasteiger partial charge in [0.15, 0.2) is 0 Å². The fraction of sp³-hybridized carbons (Fsp3) is 0.500. The van der Waals surface area contributed by atoms with Crippen molar-refractivity contribution < 1.29 is 29.4 Å². The summed E-state index contributed by atoms with van der Waals surface area (Å²) in [5.41, 5.74) is 6.46. The molecule has 30 heavy (non-hydrogen) atoms. The molecule has 0 heterocycles. The van der Waals surface area contributed by atoms with E-state index >= 15 is 0 Å². The highest BCUT2D eigenvalue weighted by Crippen LogP contribution is 2.11. The number of carboxylic acid groups (broad SMARTS) is 1. The number of amides is 3. The number of hydrogen-bond donors (Lipinski definition) is 6. The molecule has 1 aromatic carbocycles. The Labute approximate surface area is 175 Å². The van der Waals surface area contributed by atoms with Crippen molar-refractivity contribution in [3.63, 3.8) is 0 Å². The molecule has 0 aromatic heterocycles. The number of carbonyl (C=O) groups is 4. The van der Waals surface area contributed by atoms with Gasteiger partial charge in [0, 0.05) is 6.42 Å². The number of hydrogen-bond acceptors (Lipinski definition) is 6. The molecule has 0 radical (unpaired) electrons.